The molecule has 1 saturated heterocycles. The van der Waals surface area contributed by atoms with Crippen molar-refractivity contribution in [2.45, 2.75) is 24.2 Å². The van der Waals surface area contributed by atoms with Crippen LogP contribution in [-0.2, 0) is 20.0 Å². The van der Waals surface area contributed by atoms with Crippen molar-refractivity contribution in [2.75, 3.05) is 12.3 Å². The van der Waals surface area contributed by atoms with Crippen molar-refractivity contribution in [1.29, 1.82) is 0 Å². The molecule has 5 rings (SSSR count). The second-order valence-corrected chi connectivity index (χ2v) is 8.12. The van der Waals surface area contributed by atoms with Crippen molar-refractivity contribution < 1.29 is 33.3 Å². The highest BCUT2D eigenvalue weighted by Crippen LogP contribution is 2.42. The lowest BCUT2D eigenvalue weighted by atomic mass is 10.0. The Morgan fingerprint density at radius 2 is 1.67 bits per heavy atom. The minimum absolute atomic E-state index is 0.100. The quantitative estimate of drug-likeness (QED) is 0.388. The van der Waals surface area contributed by atoms with Crippen molar-refractivity contribution in [3.63, 3.8) is 0 Å². The molecule has 36 heavy (non-hydrogen) atoms. The molecule has 3 heterocycles. The van der Waals surface area contributed by atoms with Crippen LogP contribution in [0.4, 0.5) is 10.2 Å². The molecule has 2 aromatic carbocycles. The maximum Gasteiger partial charge on any atom is 0.338 e. The van der Waals surface area contributed by atoms with E-state index in [1.807, 2.05) is 0 Å². The second-order valence-electron chi connectivity index (χ2n) is 8.12. The third kappa shape index (κ3) is 4.14. The van der Waals surface area contributed by atoms with Gasteiger partial charge in [0.1, 0.15) is 30.2 Å². The molecule has 0 spiro atoms. The van der Waals surface area contributed by atoms with Crippen molar-refractivity contribution in [1.82, 2.24) is 14.6 Å². The summed E-state index contributed by atoms with van der Waals surface area (Å²) in [6.45, 7) is -0.496. The largest absolute Gasteiger partial charge is 0.459 e. The van der Waals surface area contributed by atoms with Crippen molar-refractivity contribution >= 4 is 23.3 Å². The number of ether oxygens (including phenoxy) is 3. The van der Waals surface area contributed by atoms with E-state index >= 15 is 4.39 Å². The van der Waals surface area contributed by atoms with Gasteiger partial charge in [0.25, 0.3) is 0 Å². The fourth-order valence-corrected chi connectivity index (χ4v) is 4.05. The topological polar surface area (TPSA) is 138 Å². The fraction of sp³-hybridized carbons (Fsp3) is 0.200. The number of aromatic nitrogens is 3. The molecular weight excluding hydrogens is 471 g/mol. The Labute approximate surface area is 204 Å². The average Bonchev–Trinajstić information content (AvgIpc) is 3.45. The number of nitrogens with zero attached hydrogens (tertiary/aromatic N) is 3. The maximum atomic E-state index is 15.9. The highest BCUT2D eigenvalue weighted by molar-refractivity contribution is 5.90. The molecule has 1 fully saturated rings. The Kier molecular flexibility index (Phi) is 6.08. The van der Waals surface area contributed by atoms with Gasteiger partial charge in [0.15, 0.2) is 18.1 Å². The number of nitrogen functional groups attached to an aromatic ring is 1. The Hall–Kier alpha value is -4.35. The van der Waals surface area contributed by atoms with E-state index < -0.39 is 42.7 Å². The highest BCUT2D eigenvalue weighted by atomic mass is 19.1. The SMILES string of the molecule is Nc1ncnn2c(C3(O)O[C@H](COC(=O)c4ccccc4)[C@@H](OC(=O)c4ccccc4)[C@H]3F)ccc12. The van der Waals surface area contributed by atoms with Crippen LogP contribution in [0.3, 0.4) is 0 Å². The van der Waals surface area contributed by atoms with Gasteiger partial charge < -0.3 is 25.1 Å². The number of alkyl halides is 1. The average molecular weight is 492 g/mol. The molecule has 4 atom stereocenters. The summed E-state index contributed by atoms with van der Waals surface area (Å²) < 4.78 is 33.5. The van der Waals surface area contributed by atoms with Crippen LogP contribution >= 0.6 is 0 Å². The van der Waals surface area contributed by atoms with Gasteiger partial charge in [-0.3, -0.25) is 0 Å². The van der Waals surface area contributed by atoms with Gasteiger partial charge in [0.05, 0.1) is 11.1 Å². The van der Waals surface area contributed by atoms with Crippen LogP contribution in [0.25, 0.3) is 5.52 Å². The first-order chi connectivity index (χ1) is 17.4. The summed E-state index contributed by atoms with van der Waals surface area (Å²) in [5.74, 6) is -4.01. The first-order valence-corrected chi connectivity index (χ1v) is 11.0. The third-order valence-corrected chi connectivity index (χ3v) is 5.85. The Bertz CT molecular complexity index is 1400. The molecule has 1 unspecified atom stereocenters. The summed E-state index contributed by atoms with van der Waals surface area (Å²) in [4.78, 5) is 29.1. The zero-order valence-electron chi connectivity index (χ0n) is 18.7. The van der Waals surface area contributed by atoms with Crippen LogP contribution in [-0.4, -0.2) is 56.6 Å². The van der Waals surface area contributed by atoms with Crippen LogP contribution in [0.2, 0.25) is 0 Å². The van der Waals surface area contributed by atoms with Gasteiger partial charge in [-0.25, -0.2) is 23.5 Å². The molecular formula is C25H21FN4O6. The van der Waals surface area contributed by atoms with Gasteiger partial charge in [0, 0.05) is 0 Å². The van der Waals surface area contributed by atoms with E-state index in [0.717, 1.165) is 6.33 Å². The van der Waals surface area contributed by atoms with Crippen molar-refractivity contribution in [3.8, 4) is 0 Å². The number of carbonyl (C=O) groups is 2. The number of halogens is 1. The summed E-state index contributed by atoms with van der Waals surface area (Å²) in [6.07, 6.45) is -4.07. The molecule has 4 aromatic rings. The third-order valence-electron chi connectivity index (χ3n) is 5.85. The minimum Gasteiger partial charge on any atom is -0.459 e. The number of hydrogen-bond donors (Lipinski definition) is 2. The number of fused-ring (bicyclic) bond motifs is 1. The molecule has 3 N–H and O–H groups in total. The number of aliphatic hydroxyl groups is 1. The zero-order chi connectivity index (χ0) is 25.3. The molecule has 0 aliphatic carbocycles. The summed E-state index contributed by atoms with van der Waals surface area (Å²) in [5, 5.41) is 15.4. The van der Waals surface area contributed by atoms with E-state index in [1.165, 1.54) is 28.8 Å². The van der Waals surface area contributed by atoms with Crippen LogP contribution in [0.1, 0.15) is 26.4 Å². The van der Waals surface area contributed by atoms with Gasteiger partial charge in [-0.1, -0.05) is 36.4 Å². The van der Waals surface area contributed by atoms with Gasteiger partial charge in [-0.05, 0) is 36.4 Å². The van der Waals surface area contributed by atoms with Crippen molar-refractivity contribution in [3.05, 3.63) is 95.9 Å². The molecule has 0 radical (unpaired) electrons. The van der Waals surface area contributed by atoms with Crippen LogP contribution in [0.15, 0.2) is 79.1 Å². The highest BCUT2D eigenvalue weighted by Gasteiger charge is 2.60. The number of benzene rings is 2. The van der Waals surface area contributed by atoms with E-state index in [2.05, 4.69) is 10.1 Å². The Balaban J connectivity index is 1.45. The summed E-state index contributed by atoms with van der Waals surface area (Å²) in [7, 11) is 0. The molecule has 184 valence electrons. The number of esters is 2. The Morgan fingerprint density at radius 1 is 1.03 bits per heavy atom. The van der Waals surface area contributed by atoms with E-state index in [9.17, 15) is 14.7 Å². The number of hydrogen-bond acceptors (Lipinski definition) is 9. The fourth-order valence-electron chi connectivity index (χ4n) is 4.05. The van der Waals surface area contributed by atoms with E-state index in [4.69, 9.17) is 19.9 Å². The molecule has 11 heteroatoms. The van der Waals surface area contributed by atoms with E-state index in [-0.39, 0.29) is 22.6 Å². The number of nitrogens with two attached hydrogens (primary N) is 1. The van der Waals surface area contributed by atoms with Crippen molar-refractivity contribution in [2.24, 2.45) is 0 Å². The van der Waals surface area contributed by atoms with E-state index in [0.29, 0.717) is 5.52 Å². The number of carbonyl (C=O) groups excluding carboxylic acids is 2. The van der Waals surface area contributed by atoms with Gasteiger partial charge in [0.2, 0.25) is 5.79 Å². The summed E-state index contributed by atoms with van der Waals surface area (Å²) >= 11 is 0. The lowest BCUT2D eigenvalue weighted by Gasteiger charge is -2.24. The molecule has 1 aliphatic rings. The minimum atomic E-state index is -2.60. The predicted molar refractivity (Wildman–Crippen MR) is 123 cm³/mol. The lowest BCUT2D eigenvalue weighted by molar-refractivity contribution is -0.230. The number of anilines is 1. The molecule has 0 amide bonds. The van der Waals surface area contributed by atoms with Crippen LogP contribution in [0, 0.1) is 0 Å². The van der Waals surface area contributed by atoms with Crippen LogP contribution < -0.4 is 5.73 Å². The van der Waals surface area contributed by atoms with Gasteiger partial charge in [-0.15, -0.1) is 0 Å². The van der Waals surface area contributed by atoms with Crippen LogP contribution in [0.5, 0.6) is 0 Å². The monoisotopic (exact) mass is 492 g/mol. The second kappa shape index (κ2) is 9.36. The molecule has 0 saturated carbocycles. The summed E-state index contributed by atoms with van der Waals surface area (Å²) in [6, 6.07) is 19.0. The summed E-state index contributed by atoms with van der Waals surface area (Å²) in [5.41, 5.74) is 6.51. The normalized spacial score (nSPS) is 23.4. The molecule has 1 aliphatic heterocycles. The standard InChI is InChI=1S/C25H21FN4O6/c26-21-20(35-24(32)16-9-5-2-6-10-16)18(13-34-23(31)15-7-3-1-4-8-15)36-25(21,33)19-12-11-17-22(27)28-14-29-30(17)19/h1-12,14,18,20-21,33H,13H2,(H2,27,28,29)/t18-,20-,21-,25?/m1/s1. The maximum absolute atomic E-state index is 15.9. The lowest BCUT2D eigenvalue weighted by Crippen LogP contribution is -2.41. The Morgan fingerprint density at radius 3 is 2.33 bits per heavy atom. The smallest absolute Gasteiger partial charge is 0.338 e. The van der Waals surface area contributed by atoms with Gasteiger partial charge in [-0.2, -0.15) is 5.10 Å². The van der Waals surface area contributed by atoms with Gasteiger partial charge >= 0.3 is 11.9 Å². The molecule has 10 nitrogen and oxygen atoms in total. The predicted octanol–water partition coefficient (Wildman–Crippen LogP) is 2.28. The first-order valence-electron chi connectivity index (χ1n) is 11.0. The molecule has 0 bridgehead atoms. The number of rotatable bonds is 6. The molecule has 2 aromatic heterocycles. The zero-order valence-corrected chi connectivity index (χ0v) is 18.7. The first kappa shape index (κ1) is 23.4. The van der Waals surface area contributed by atoms with E-state index in [1.54, 1.807) is 48.5 Å².